The first-order valence-electron chi connectivity index (χ1n) is 6.52. The van der Waals surface area contributed by atoms with Gasteiger partial charge < -0.3 is 14.8 Å². The number of aromatic nitrogens is 2. The molecule has 7 heteroatoms. The summed E-state index contributed by atoms with van der Waals surface area (Å²) in [6.07, 6.45) is 5.48. The number of amides is 1. The van der Waals surface area contributed by atoms with E-state index in [9.17, 15) is 4.79 Å². The molecule has 0 fully saturated rings. The van der Waals surface area contributed by atoms with E-state index < -0.39 is 11.7 Å². The molecular formula is C14H20ClN3O3. The molecule has 0 aromatic carbocycles. The molecule has 1 amide bonds. The Kier molecular flexibility index (Phi) is 6.42. The number of hydrogen-bond donors (Lipinski definition) is 1. The van der Waals surface area contributed by atoms with Crippen LogP contribution in [0.15, 0.2) is 12.3 Å². The van der Waals surface area contributed by atoms with Gasteiger partial charge in [-0.15, -0.1) is 0 Å². The maximum absolute atomic E-state index is 11.4. The van der Waals surface area contributed by atoms with E-state index in [0.717, 1.165) is 5.56 Å². The monoisotopic (exact) mass is 313 g/mol. The average Bonchev–Trinajstić information content (AvgIpc) is 2.37. The Bertz CT molecular complexity index is 513. The highest BCUT2D eigenvalue weighted by molar-refractivity contribution is 6.28. The van der Waals surface area contributed by atoms with Crippen LogP contribution in [0, 0.1) is 0 Å². The van der Waals surface area contributed by atoms with Crippen molar-refractivity contribution in [2.75, 3.05) is 13.7 Å². The summed E-state index contributed by atoms with van der Waals surface area (Å²) in [7, 11) is 1.51. The van der Waals surface area contributed by atoms with Gasteiger partial charge in [-0.3, -0.25) is 0 Å². The summed E-state index contributed by atoms with van der Waals surface area (Å²) in [5, 5.41) is 2.80. The molecule has 0 aliphatic rings. The van der Waals surface area contributed by atoms with Crippen molar-refractivity contribution >= 4 is 23.8 Å². The van der Waals surface area contributed by atoms with Gasteiger partial charge in [0.15, 0.2) is 0 Å². The topological polar surface area (TPSA) is 73.3 Å². The molecule has 1 aromatic rings. The van der Waals surface area contributed by atoms with Crippen LogP contribution >= 0.6 is 11.6 Å². The highest BCUT2D eigenvalue weighted by Gasteiger charge is 2.15. The van der Waals surface area contributed by atoms with Crippen LogP contribution in [0.25, 0.3) is 6.08 Å². The number of rotatable bonds is 5. The predicted octanol–water partition coefficient (Wildman–Crippen LogP) is 3.07. The van der Waals surface area contributed by atoms with Crippen molar-refractivity contribution in [3.8, 4) is 5.88 Å². The van der Waals surface area contributed by atoms with Crippen LogP contribution in [0.4, 0.5) is 4.79 Å². The van der Waals surface area contributed by atoms with Gasteiger partial charge >= 0.3 is 6.09 Å². The van der Waals surface area contributed by atoms with Gasteiger partial charge in [0.25, 0.3) is 0 Å². The second-order valence-electron chi connectivity index (χ2n) is 5.22. The summed E-state index contributed by atoms with van der Waals surface area (Å²) in [5.74, 6) is 0.409. The van der Waals surface area contributed by atoms with E-state index in [4.69, 9.17) is 21.1 Å². The Balaban J connectivity index is 2.41. The van der Waals surface area contributed by atoms with E-state index in [1.807, 2.05) is 32.9 Å². The molecule has 0 aliphatic heterocycles. The van der Waals surface area contributed by atoms with Crippen LogP contribution in [0.2, 0.25) is 5.28 Å². The van der Waals surface area contributed by atoms with E-state index in [0.29, 0.717) is 18.8 Å². The van der Waals surface area contributed by atoms with Gasteiger partial charge in [0.1, 0.15) is 5.60 Å². The lowest BCUT2D eigenvalue weighted by molar-refractivity contribution is 0.0529. The zero-order valence-electron chi connectivity index (χ0n) is 12.6. The Morgan fingerprint density at radius 1 is 1.48 bits per heavy atom. The molecule has 0 aliphatic carbocycles. The van der Waals surface area contributed by atoms with Crippen LogP contribution in [-0.4, -0.2) is 35.3 Å². The number of methoxy groups -OCH3 is 1. The standard InChI is InChI=1S/C14H20ClN3O3/c1-14(2,3)21-13(19)16-8-6-5-7-10-9-17-12(15)18-11(10)20-4/h5,7,9H,6,8H2,1-4H3,(H,16,19). The molecule has 0 unspecified atom stereocenters. The minimum atomic E-state index is -0.492. The smallest absolute Gasteiger partial charge is 0.407 e. The second kappa shape index (κ2) is 7.83. The van der Waals surface area contributed by atoms with Crippen molar-refractivity contribution in [2.24, 2.45) is 0 Å². The lowest BCUT2D eigenvalue weighted by Crippen LogP contribution is -2.32. The molecular weight excluding hydrogens is 294 g/mol. The number of halogens is 1. The van der Waals surface area contributed by atoms with Gasteiger partial charge in [-0.1, -0.05) is 12.2 Å². The van der Waals surface area contributed by atoms with Gasteiger partial charge in [-0.2, -0.15) is 4.98 Å². The highest BCUT2D eigenvalue weighted by atomic mass is 35.5. The van der Waals surface area contributed by atoms with E-state index in [1.165, 1.54) is 7.11 Å². The molecule has 0 radical (unpaired) electrons. The fourth-order valence-electron chi connectivity index (χ4n) is 1.42. The largest absolute Gasteiger partial charge is 0.480 e. The molecule has 1 rings (SSSR count). The third-order valence-electron chi connectivity index (χ3n) is 2.22. The SMILES string of the molecule is COc1nc(Cl)ncc1C=CCCNC(=O)OC(C)(C)C. The van der Waals surface area contributed by atoms with Crippen molar-refractivity contribution in [1.29, 1.82) is 0 Å². The molecule has 0 atom stereocenters. The van der Waals surface area contributed by atoms with Gasteiger partial charge in [-0.05, 0) is 38.8 Å². The Morgan fingerprint density at radius 3 is 2.81 bits per heavy atom. The predicted molar refractivity (Wildman–Crippen MR) is 81.5 cm³/mol. The Morgan fingerprint density at radius 2 is 2.19 bits per heavy atom. The molecule has 6 nitrogen and oxygen atoms in total. The fourth-order valence-corrected chi connectivity index (χ4v) is 1.54. The first kappa shape index (κ1) is 17.2. The summed E-state index contributed by atoms with van der Waals surface area (Å²) in [6.45, 7) is 5.93. The number of alkyl carbamates (subject to hydrolysis) is 1. The third kappa shape index (κ3) is 6.94. The Labute approximate surface area is 129 Å². The number of carbonyl (C=O) groups is 1. The van der Waals surface area contributed by atoms with Crippen molar-refractivity contribution in [3.63, 3.8) is 0 Å². The van der Waals surface area contributed by atoms with E-state index in [2.05, 4.69) is 15.3 Å². The molecule has 21 heavy (non-hydrogen) atoms. The van der Waals surface area contributed by atoms with Crippen molar-refractivity contribution < 1.29 is 14.3 Å². The number of hydrogen-bond acceptors (Lipinski definition) is 5. The van der Waals surface area contributed by atoms with Crippen LogP contribution in [-0.2, 0) is 4.74 Å². The minimum Gasteiger partial charge on any atom is -0.480 e. The van der Waals surface area contributed by atoms with E-state index in [-0.39, 0.29) is 5.28 Å². The van der Waals surface area contributed by atoms with Crippen molar-refractivity contribution in [1.82, 2.24) is 15.3 Å². The first-order chi connectivity index (χ1) is 9.81. The van der Waals surface area contributed by atoms with Gasteiger partial charge in [0, 0.05) is 12.7 Å². The maximum atomic E-state index is 11.4. The summed E-state index contributed by atoms with van der Waals surface area (Å²) >= 11 is 5.68. The first-order valence-corrected chi connectivity index (χ1v) is 6.89. The number of ether oxygens (including phenoxy) is 2. The maximum Gasteiger partial charge on any atom is 0.407 e. The molecule has 0 spiro atoms. The normalized spacial score (nSPS) is 11.5. The number of nitrogens with zero attached hydrogens (tertiary/aromatic N) is 2. The van der Waals surface area contributed by atoms with Crippen LogP contribution in [0.1, 0.15) is 32.8 Å². The highest BCUT2D eigenvalue weighted by Crippen LogP contribution is 2.17. The molecule has 1 N–H and O–H groups in total. The van der Waals surface area contributed by atoms with Crippen LogP contribution in [0.5, 0.6) is 5.88 Å². The quantitative estimate of drug-likeness (QED) is 0.668. The molecule has 0 saturated carbocycles. The fraction of sp³-hybridized carbons (Fsp3) is 0.500. The van der Waals surface area contributed by atoms with Crippen molar-refractivity contribution in [3.05, 3.63) is 23.1 Å². The minimum absolute atomic E-state index is 0.135. The molecule has 1 aromatic heterocycles. The van der Waals surface area contributed by atoms with Crippen molar-refractivity contribution in [2.45, 2.75) is 32.8 Å². The lowest BCUT2D eigenvalue weighted by atomic mass is 10.2. The summed E-state index contributed by atoms with van der Waals surface area (Å²) < 4.78 is 10.2. The molecule has 1 heterocycles. The summed E-state index contributed by atoms with van der Waals surface area (Å²) in [6, 6.07) is 0. The zero-order valence-corrected chi connectivity index (χ0v) is 13.4. The molecule has 0 saturated heterocycles. The van der Waals surface area contributed by atoms with Crippen LogP contribution in [0.3, 0.4) is 0 Å². The summed E-state index contributed by atoms with van der Waals surface area (Å²) in [4.78, 5) is 19.3. The summed E-state index contributed by atoms with van der Waals surface area (Å²) in [5.41, 5.74) is 0.229. The van der Waals surface area contributed by atoms with E-state index >= 15 is 0 Å². The lowest BCUT2D eigenvalue weighted by Gasteiger charge is -2.19. The van der Waals surface area contributed by atoms with Gasteiger partial charge in [0.05, 0.1) is 12.7 Å². The van der Waals surface area contributed by atoms with Gasteiger partial charge in [-0.25, -0.2) is 9.78 Å². The van der Waals surface area contributed by atoms with E-state index in [1.54, 1.807) is 6.20 Å². The Hall–Kier alpha value is -1.82. The van der Waals surface area contributed by atoms with Crippen LogP contribution < -0.4 is 10.1 Å². The second-order valence-corrected chi connectivity index (χ2v) is 5.56. The van der Waals surface area contributed by atoms with Gasteiger partial charge in [0.2, 0.25) is 11.2 Å². The molecule has 0 bridgehead atoms. The zero-order chi connectivity index (χ0) is 15.9. The number of carbonyl (C=O) groups excluding carboxylic acids is 1. The molecule has 116 valence electrons. The average molecular weight is 314 g/mol. The third-order valence-corrected chi connectivity index (χ3v) is 2.40. The number of nitrogens with one attached hydrogen (secondary N) is 1.